The molecule has 1 aliphatic carbocycles. The Morgan fingerprint density at radius 1 is 1.58 bits per heavy atom. The lowest BCUT2D eigenvalue weighted by Gasteiger charge is -2.24. The van der Waals surface area contributed by atoms with E-state index in [2.05, 4.69) is 0 Å². The Balaban J connectivity index is 2.58. The van der Waals surface area contributed by atoms with Gasteiger partial charge in [0.05, 0.1) is 12.2 Å². The number of methoxy groups -OCH3 is 1. The van der Waals surface area contributed by atoms with Gasteiger partial charge in [0.15, 0.2) is 0 Å². The second-order valence-electron chi connectivity index (χ2n) is 3.45. The standard InChI is InChI=1S/C10H18O2/c1-8(11)7-9-5-3-4-6-10(9)12-2/h7-8,10-11H,3-6H2,1-2H3. The Kier molecular flexibility index (Phi) is 3.76. The molecule has 1 rings (SSSR count). The molecule has 0 aliphatic heterocycles. The topological polar surface area (TPSA) is 29.5 Å². The zero-order valence-electron chi connectivity index (χ0n) is 7.92. The smallest absolute Gasteiger partial charge is 0.0782 e. The molecule has 0 aromatic heterocycles. The molecule has 12 heavy (non-hydrogen) atoms. The number of ether oxygens (including phenoxy) is 1. The third-order valence-corrected chi connectivity index (χ3v) is 2.34. The molecular weight excluding hydrogens is 152 g/mol. The highest BCUT2D eigenvalue weighted by atomic mass is 16.5. The van der Waals surface area contributed by atoms with Crippen molar-refractivity contribution in [2.24, 2.45) is 0 Å². The van der Waals surface area contributed by atoms with Gasteiger partial charge >= 0.3 is 0 Å². The van der Waals surface area contributed by atoms with E-state index in [0.717, 1.165) is 12.8 Å². The molecule has 1 saturated carbocycles. The average molecular weight is 170 g/mol. The van der Waals surface area contributed by atoms with E-state index in [0.29, 0.717) is 0 Å². The summed E-state index contributed by atoms with van der Waals surface area (Å²) in [5.41, 5.74) is 1.28. The molecule has 0 bridgehead atoms. The first-order valence-electron chi connectivity index (χ1n) is 4.65. The molecular formula is C10H18O2. The lowest BCUT2D eigenvalue weighted by Crippen LogP contribution is -2.19. The first kappa shape index (κ1) is 9.75. The van der Waals surface area contributed by atoms with Crippen LogP contribution in [0.3, 0.4) is 0 Å². The van der Waals surface area contributed by atoms with Crippen LogP contribution < -0.4 is 0 Å². The predicted octanol–water partition coefficient (Wildman–Crippen LogP) is 1.88. The number of hydrogen-bond acceptors (Lipinski definition) is 2. The summed E-state index contributed by atoms with van der Waals surface area (Å²) >= 11 is 0. The van der Waals surface area contributed by atoms with Gasteiger partial charge in [-0.15, -0.1) is 0 Å². The number of aliphatic hydroxyl groups is 1. The zero-order valence-corrected chi connectivity index (χ0v) is 7.92. The monoisotopic (exact) mass is 170 g/mol. The summed E-state index contributed by atoms with van der Waals surface area (Å²) in [5, 5.41) is 9.19. The number of rotatable bonds is 2. The van der Waals surface area contributed by atoms with Crippen molar-refractivity contribution in [1.82, 2.24) is 0 Å². The fraction of sp³-hybridized carbons (Fsp3) is 0.800. The number of aliphatic hydroxyl groups excluding tert-OH is 1. The lowest BCUT2D eigenvalue weighted by molar-refractivity contribution is 0.107. The summed E-state index contributed by atoms with van der Waals surface area (Å²) in [6, 6.07) is 0. The van der Waals surface area contributed by atoms with Crippen LogP contribution in [0.25, 0.3) is 0 Å². The highest BCUT2D eigenvalue weighted by Crippen LogP contribution is 2.25. The molecule has 0 amide bonds. The summed E-state index contributed by atoms with van der Waals surface area (Å²) < 4.78 is 5.33. The SMILES string of the molecule is COC1CCCCC1=CC(C)O. The van der Waals surface area contributed by atoms with Crippen LogP contribution in [0, 0.1) is 0 Å². The molecule has 0 radical (unpaired) electrons. The van der Waals surface area contributed by atoms with Crippen LogP contribution in [0.2, 0.25) is 0 Å². The van der Waals surface area contributed by atoms with Crippen molar-refractivity contribution in [2.75, 3.05) is 7.11 Å². The summed E-state index contributed by atoms with van der Waals surface area (Å²) in [7, 11) is 1.74. The van der Waals surface area contributed by atoms with Crippen LogP contribution in [-0.4, -0.2) is 24.4 Å². The minimum Gasteiger partial charge on any atom is -0.389 e. The predicted molar refractivity (Wildman–Crippen MR) is 49.0 cm³/mol. The summed E-state index contributed by atoms with van der Waals surface area (Å²) in [6.07, 6.45) is 6.52. The second-order valence-corrected chi connectivity index (χ2v) is 3.45. The van der Waals surface area contributed by atoms with Crippen molar-refractivity contribution in [3.05, 3.63) is 11.6 Å². The fourth-order valence-electron chi connectivity index (χ4n) is 1.77. The maximum absolute atomic E-state index is 9.19. The van der Waals surface area contributed by atoms with Gasteiger partial charge in [0.1, 0.15) is 0 Å². The summed E-state index contributed by atoms with van der Waals surface area (Å²) in [4.78, 5) is 0. The molecule has 0 heterocycles. The molecule has 2 heteroatoms. The van der Waals surface area contributed by atoms with Crippen LogP contribution in [0.5, 0.6) is 0 Å². The first-order valence-corrected chi connectivity index (χ1v) is 4.65. The Morgan fingerprint density at radius 2 is 2.33 bits per heavy atom. The van der Waals surface area contributed by atoms with Crippen LogP contribution >= 0.6 is 0 Å². The van der Waals surface area contributed by atoms with Crippen molar-refractivity contribution in [2.45, 2.75) is 44.8 Å². The zero-order chi connectivity index (χ0) is 8.97. The van der Waals surface area contributed by atoms with E-state index in [9.17, 15) is 5.11 Å². The van der Waals surface area contributed by atoms with Crippen LogP contribution in [0.15, 0.2) is 11.6 Å². The molecule has 2 nitrogen and oxygen atoms in total. The molecule has 1 fully saturated rings. The van der Waals surface area contributed by atoms with Gasteiger partial charge in [0.2, 0.25) is 0 Å². The van der Waals surface area contributed by atoms with Gasteiger partial charge in [-0.3, -0.25) is 0 Å². The van der Waals surface area contributed by atoms with E-state index in [1.807, 2.05) is 6.08 Å². The van der Waals surface area contributed by atoms with Crippen LogP contribution in [0.4, 0.5) is 0 Å². The van der Waals surface area contributed by atoms with Crippen molar-refractivity contribution < 1.29 is 9.84 Å². The van der Waals surface area contributed by atoms with Gasteiger partial charge in [-0.05, 0) is 31.8 Å². The third kappa shape index (κ3) is 2.61. The van der Waals surface area contributed by atoms with Gasteiger partial charge in [-0.25, -0.2) is 0 Å². The summed E-state index contributed by atoms with van der Waals surface area (Å²) in [5.74, 6) is 0. The molecule has 0 aromatic rings. The minimum atomic E-state index is -0.337. The molecule has 2 atom stereocenters. The van der Waals surface area contributed by atoms with Crippen molar-refractivity contribution in [1.29, 1.82) is 0 Å². The largest absolute Gasteiger partial charge is 0.389 e. The van der Waals surface area contributed by atoms with E-state index >= 15 is 0 Å². The highest BCUT2D eigenvalue weighted by Gasteiger charge is 2.17. The molecule has 1 N–H and O–H groups in total. The maximum Gasteiger partial charge on any atom is 0.0782 e. The number of hydrogen-bond donors (Lipinski definition) is 1. The Morgan fingerprint density at radius 3 is 2.92 bits per heavy atom. The van der Waals surface area contributed by atoms with Crippen LogP contribution in [0.1, 0.15) is 32.6 Å². The van der Waals surface area contributed by atoms with E-state index in [-0.39, 0.29) is 12.2 Å². The van der Waals surface area contributed by atoms with Crippen molar-refractivity contribution in [3.63, 3.8) is 0 Å². The van der Waals surface area contributed by atoms with Gasteiger partial charge in [0, 0.05) is 7.11 Å². The second kappa shape index (κ2) is 4.63. The Bertz CT molecular complexity index is 161. The van der Waals surface area contributed by atoms with E-state index in [4.69, 9.17) is 4.74 Å². The van der Waals surface area contributed by atoms with Gasteiger partial charge in [-0.2, -0.15) is 0 Å². The molecule has 0 aromatic carbocycles. The van der Waals surface area contributed by atoms with Gasteiger partial charge in [0.25, 0.3) is 0 Å². The normalized spacial score (nSPS) is 30.6. The van der Waals surface area contributed by atoms with Crippen molar-refractivity contribution >= 4 is 0 Å². The third-order valence-electron chi connectivity index (χ3n) is 2.34. The fourth-order valence-corrected chi connectivity index (χ4v) is 1.77. The molecule has 1 aliphatic rings. The van der Waals surface area contributed by atoms with E-state index < -0.39 is 0 Å². The van der Waals surface area contributed by atoms with E-state index in [1.54, 1.807) is 14.0 Å². The molecule has 70 valence electrons. The van der Waals surface area contributed by atoms with Gasteiger partial charge < -0.3 is 9.84 Å². The Labute approximate surface area is 74.2 Å². The minimum absolute atomic E-state index is 0.258. The summed E-state index contributed by atoms with van der Waals surface area (Å²) in [6.45, 7) is 1.79. The van der Waals surface area contributed by atoms with Crippen molar-refractivity contribution in [3.8, 4) is 0 Å². The molecule has 0 spiro atoms. The quantitative estimate of drug-likeness (QED) is 0.641. The molecule has 2 unspecified atom stereocenters. The van der Waals surface area contributed by atoms with Crippen LogP contribution in [-0.2, 0) is 4.74 Å². The first-order chi connectivity index (χ1) is 5.74. The molecule has 0 saturated heterocycles. The highest BCUT2D eigenvalue weighted by molar-refractivity contribution is 5.12. The maximum atomic E-state index is 9.19. The van der Waals surface area contributed by atoms with E-state index in [1.165, 1.54) is 18.4 Å². The lowest BCUT2D eigenvalue weighted by atomic mass is 9.91. The van der Waals surface area contributed by atoms with Gasteiger partial charge in [-0.1, -0.05) is 12.5 Å². The Hall–Kier alpha value is -0.340. The average Bonchev–Trinajstić information content (AvgIpc) is 2.04.